The smallest absolute Gasteiger partial charge is 0.263 e. The molecule has 1 aromatic carbocycles. The number of halogens is 2. The summed E-state index contributed by atoms with van der Waals surface area (Å²) < 4.78 is 0. The lowest BCUT2D eigenvalue weighted by molar-refractivity contribution is 0.0957. The van der Waals surface area contributed by atoms with Crippen molar-refractivity contribution in [2.75, 3.05) is 6.54 Å². The van der Waals surface area contributed by atoms with Gasteiger partial charge in [-0.25, -0.2) is 4.98 Å². The number of benzene rings is 1. The standard InChI is InChI=1S/C15H16Cl2N2OS/c1-3-13-14(21-9(2)19-13)15(20)18-7-6-10-4-5-11(16)8-12(10)17/h4-5,8H,3,6-7H2,1-2H3,(H,18,20). The highest BCUT2D eigenvalue weighted by Crippen LogP contribution is 2.21. The maximum Gasteiger partial charge on any atom is 0.263 e. The van der Waals surface area contributed by atoms with Crippen LogP contribution in [0.2, 0.25) is 10.0 Å². The van der Waals surface area contributed by atoms with Crippen LogP contribution in [0, 0.1) is 6.92 Å². The van der Waals surface area contributed by atoms with E-state index >= 15 is 0 Å². The molecule has 0 fully saturated rings. The molecule has 2 rings (SSSR count). The van der Waals surface area contributed by atoms with Crippen molar-refractivity contribution in [3.63, 3.8) is 0 Å². The number of hydrogen-bond acceptors (Lipinski definition) is 3. The van der Waals surface area contributed by atoms with Crippen LogP contribution in [0.1, 0.15) is 32.9 Å². The summed E-state index contributed by atoms with van der Waals surface area (Å²) in [5.41, 5.74) is 1.83. The van der Waals surface area contributed by atoms with Gasteiger partial charge in [-0.15, -0.1) is 11.3 Å². The second kappa shape index (κ2) is 7.25. The molecule has 0 radical (unpaired) electrons. The first-order chi connectivity index (χ1) is 10.0. The highest BCUT2D eigenvalue weighted by Gasteiger charge is 2.15. The number of carbonyl (C=O) groups is 1. The summed E-state index contributed by atoms with van der Waals surface area (Å²) in [6.45, 7) is 4.44. The molecule has 0 atom stereocenters. The minimum atomic E-state index is -0.0671. The fraction of sp³-hybridized carbons (Fsp3) is 0.333. The average molecular weight is 343 g/mol. The van der Waals surface area contributed by atoms with E-state index in [1.54, 1.807) is 12.1 Å². The van der Waals surface area contributed by atoms with Gasteiger partial charge >= 0.3 is 0 Å². The maximum atomic E-state index is 12.2. The van der Waals surface area contributed by atoms with Crippen molar-refractivity contribution < 1.29 is 4.79 Å². The summed E-state index contributed by atoms with van der Waals surface area (Å²) in [5, 5.41) is 5.07. The zero-order chi connectivity index (χ0) is 15.4. The van der Waals surface area contributed by atoms with E-state index in [9.17, 15) is 4.79 Å². The number of aromatic nitrogens is 1. The fourth-order valence-corrected chi connectivity index (χ4v) is 3.43. The molecule has 3 nitrogen and oxygen atoms in total. The van der Waals surface area contributed by atoms with E-state index in [2.05, 4.69) is 10.3 Å². The lowest BCUT2D eigenvalue weighted by Gasteiger charge is -2.07. The van der Waals surface area contributed by atoms with Gasteiger partial charge in [0.15, 0.2) is 0 Å². The van der Waals surface area contributed by atoms with E-state index in [0.717, 1.165) is 22.7 Å². The number of hydrogen-bond donors (Lipinski definition) is 1. The summed E-state index contributed by atoms with van der Waals surface area (Å²) in [6, 6.07) is 5.39. The van der Waals surface area contributed by atoms with Crippen LogP contribution in [0.4, 0.5) is 0 Å². The quantitative estimate of drug-likeness (QED) is 0.880. The van der Waals surface area contributed by atoms with Crippen LogP contribution in [0.5, 0.6) is 0 Å². The molecule has 6 heteroatoms. The highest BCUT2D eigenvalue weighted by atomic mass is 35.5. The van der Waals surface area contributed by atoms with Crippen LogP contribution in [-0.2, 0) is 12.8 Å². The molecular formula is C15H16Cl2N2OS. The SMILES string of the molecule is CCc1nc(C)sc1C(=O)NCCc1ccc(Cl)cc1Cl. The van der Waals surface area contributed by atoms with Crippen LogP contribution in [0.3, 0.4) is 0 Å². The Balaban J connectivity index is 1.95. The second-order valence-corrected chi connectivity index (χ2v) is 6.65. The van der Waals surface area contributed by atoms with Crippen molar-refractivity contribution in [1.82, 2.24) is 10.3 Å². The third kappa shape index (κ3) is 4.19. The molecule has 0 bridgehead atoms. The van der Waals surface area contributed by atoms with E-state index in [4.69, 9.17) is 23.2 Å². The first-order valence-electron chi connectivity index (χ1n) is 6.69. The summed E-state index contributed by atoms with van der Waals surface area (Å²) >= 11 is 13.4. The Morgan fingerprint density at radius 3 is 2.81 bits per heavy atom. The number of aryl methyl sites for hydroxylation is 2. The monoisotopic (exact) mass is 342 g/mol. The molecule has 0 saturated heterocycles. The number of rotatable bonds is 5. The van der Waals surface area contributed by atoms with Crippen molar-refractivity contribution in [2.24, 2.45) is 0 Å². The number of nitrogens with zero attached hydrogens (tertiary/aromatic N) is 1. The first kappa shape index (κ1) is 16.3. The zero-order valence-electron chi connectivity index (χ0n) is 11.9. The average Bonchev–Trinajstić information content (AvgIpc) is 2.82. The Kier molecular flexibility index (Phi) is 5.62. The Labute approximate surface area is 138 Å². The van der Waals surface area contributed by atoms with Crippen LogP contribution in [-0.4, -0.2) is 17.4 Å². The molecule has 0 spiro atoms. The Bertz CT molecular complexity index is 655. The molecule has 0 aliphatic rings. The van der Waals surface area contributed by atoms with Crippen molar-refractivity contribution in [2.45, 2.75) is 26.7 Å². The van der Waals surface area contributed by atoms with E-state index < -0.39 is 0 Å². The Hall–Kier alpha value is -1.10. The topological polar surface area (TPSA) is 42.0 Å². The molecule has 0 aliphatic carbocycles. The van der Waals surface area contributed by atoms with Gasteiger partial charge in [0.2, 0.25) is 0 Å². The predicted molar refractivity (Wildman–Crippen MR) is 88.7 cm³/mol. The maximum absolute atomic E-state index is 12.2. The fourth-order valence-electron chi connectivity index (χ4n) is 2.00. The van der Waals surface area contributed by atoms with Gasteiger partial charge in [-0.1, -0.05) is 36.2 Å². The van der Waals surface area contributed by atoms with Crippen molar-refractivity contribution >= 4 is 40.4 Å². The van der Waals surface area contributed by atoms with Gasteiger partial charge in [0.05, 0.1) is 10.7 Å². The zero-order valence-corrected chi connectivity index (χ0v) is 14.2. The lowest BCUT2D eigenvalue weighted by atomic mass is 10.1. The normalized spacial score (nSPS) is 10.7. The molecule has 0 unspecified atom stereocenters. The Morgan fingerprint density at radius 2 is 2.14 bits per heavy atom. The molecule has 21 heavy (non-hydrogen) atoms. The largest absolute Gasteiger partial charge is 0.351 e. The van der Waals surface area contributed by atoms with Crippen molar-refractivity contribution in [3.8, 4) is 0 Å². The van der Waals surface area contributed by atoms with Gasteiger partial charge in [-0.05, 0) is 37.5 Å². The van der Waals surface area contributed by atoms with Gasteiger partial charge in [0.1, 0.15) is 4.88 Å². The Morgan fingerprint density at radius 1 is 1.38 bits per heavy atom. The minimum absolute atomic E-state index is 0.0671. The van der Waals surface area contributed by atoms with Gasteiger partial charge in [0.25, 0.3) is 5.91 Å². The number of thiazole rings is 1. The molecule has 1 aromatic heterocycles. The molecule has 0 saturated carbocycles. The predicted octanol–water partition coefficient (Wildman–Crippen LogP) is 4.29. The third-order valence-corrected chi connectivity index (χ3v) is 4.64. The molecule has 0 aliphatic heterocycles. The number of carbonyl (C=O) groups excluding carboxylic acids is 1. The van der Waals surface area contributed by atoms with E-state index in [-0.39, 0.29) is 5.91 Å². The van der Waals surface area contributed by atoms with Crippen LogP contribution < -0.4 is 5.32 Å². The van der Waals surface area contributed by atoms with Crippen LogP contribution in [0.25, 0.3) is 0 Å². The van der Waals surface area contributed by atoms with Crippen molar-refractivity contribution in [3.05, 3.63) is 49.4 Å². The van der Waals surface area contributed by atoms with E-state index in [0.29, 0.717) is 27.9 Å². The summed E-state index contributed by atoms with van der Waals surface area (Å²) in [6.07, 6.45) is 1.43. The molecule has 1 N–H and O–H groups in total. The van der Waals surface area contributed by atoms with Gasteiger partial charge in [-0.2, -0.15) is 0 Å². The van der Waals surface area contributed by atoms with Crippen LogP contribution in [0.15, 0.2) is 18.2 Å². The van der Waals surface area contributed by atoms with Gasteiger partial charge in [0, 0.05) is 16.6 Å². The first-order valence-corrected chi connectivity index (χ1v) is 8.27. The second-order valence-electron chi connectivity index (χ2n) is 4.60. The molecule has 1 amide bonds. The lowest BCUT2D eigenvalue weighted by Crippen LogP contribution is -2.25. The van der Waals surface area contributed by atoms with Gasteiger partial charge in [-0.3, -0.25) is 4.79 Å². The number of nitrogens with one attached hydrogen (secondary N) is 1. The summed E-state index contributed by atoms with van der Waals surface area (Å²) in [5.74, 6) is -0.0671. The summed E-state index contributed by atoms with van der Waals surface area (Å²) in [7, 11) is 0. The molecule has 2 aromatic rings. The number of amides is 1. The van der Waals surface area contributed by atoms with Crippen LogP contribution >= 0.6 is 34.5 Å². The molecule has 112 valence electrons. The van der Waals surface area contributed by atoms with E-state index in [1.165, 1.54) is 11.3 Å². The molecule has 1 heterocycles. The molecular weight excluding hydrogens is 327 g/mol. The third-order valence-electron chi connectivity index (χ3n) is 3.04. The summed E-state index contributed by atoms with van der Waals surface area (Å²) in [4.78, 5) is 17.2. The highest BCUT2D eigenvalue weighted by molar-refractivity contribution is 7.13. The van der Waals surface area contributed by atoms with E-state index in [1.807, 2.05) is 19.9 Å². The minimum Gasteiger partial charge on any atom is -0.351 e. The van der Waals surface area contributed by atoms with Crippen molar-refractivity contribution in [1.29, 1.82) is 0 Å². The van der Waals surface area contributed by atoms with Gasteiger partial charge < -0.3 is 5.32 Å².